The summed E-state index contributed by atoms with van der Waals surface area (Å²) in [4.78, 5) is 21.4. The lowest BCUT2D eigenvalue weighted by molar-refractivity contribution is 0.0950. The van der Waals surface area contributed by atoms with Gasteiger partial charge < -0.3 is 11.1 Å². The quantitative estimate of drug-likeness (QED) is 0.520. The average Bonchev–Trinajstić information content (AvgIpc) is 2.72. The zero-order valence-electron chi connectivity index (χ0n) is 17.8. The largest absolute Gasteiger partial charge is 0.384 e. The van der Waals surface area contributed by atoms with Gasteiger partial charge in [0.15, 0.2) is 0 Å². The van der Waals surface area contributed by atoms with E-state index in [2.05, 4.69) is 37.6 Å². The number of hydrogen-bond donors (Lipinski definition) is 2. The van der Waals surface area contributed by atoms with Gasteiger partial charge in [-0.1, -0.05) is 6.07 Å². The van der Waals surface area contributed by atoms with Crippen LogP contribution in [-0.4, -0.2) is 26.1 Å². The van der Waals surface area contributed by atoms with Crippen LogP contribution in [0.3, 0.4) is 0 Å². The van der Waals surface area contributed by atoms with Gasteiger partial charge in [-0.25, -0.2) is 4.98 Å². The highest BCUT2D eigenvalue weighted by Crippen LogP contribution is 2.18. The van der Waals surface area contributed by atoms with Crippen molar-refractivity contribution >= 4 is 22.6 Å². The predicted molar refractivity (Wildman–Crippen MR) is 121 cm³/mol. The van der Waals surface area contributed by atoms with Gasteiger partial charge in [-0.05, 0) is 73.4 Å². The molecule has 0 unspecified atom stereocenters. The van der Waals surface area contributed by atoms with Crippen LogP contribution in [0.4, 0.5) is 5.82 Å². The molecule has 3 heterocycles. The second kappa shape index (κ2) is 8.47. The number of nitrogens with one attached hydrogen (secondary N) is 1. The Labute approximate surface area is 180 Å². The standard InChI is InChI=1S/C24H24N6O/c1-14-6-18-8-17(4-5-22(18)26-11-14)9-20-10-19(12-28-30-20)24(31)27-13-21-15(2)7-23(25)29-16(21)3/h4-8,10-12H,9,13H2,1-3H3,(H2,25,29)(H,27,31). The summed E-state index contributed by atoms with van der Waals surface area (Å²) in [6.07, 6.45) is 3.92. The van der Waals surface area contributed by atoms with Gasteiger partial charge in [-0.2, -0.15) is 10.2 Å². The highest BCUT2D eigenvalue weighted by atomic mass is 16.1. The topological polar surface area (TPSA) is 107 Å². The Kier molecular flexibility index (Phi) is 5.58. The lowest BCUT2D eigenvalue weighted by atomic mass is 10.0. The van der Waals surface area contributed by atoms with Crippen molar-refractivity contribution in [3.63, 3.8) is 0 Å². The molecule has 3 aromatic heterocycles. The van der Waals surface area contributed by atoms with Crippen molar-refractivity contribution in [2.24, 2.45) is 0 Å². The maximum Gasteiger partial charge on any atom is 0.253 e. The van der Waals surface area contributed by atoms with Crippen molar-refractivity contribution in [2.45, 2.75) is 33.7 Å². The van der Waals surface area contributed by atoms with Crippen LogP contribution in [0.1, 0.15) is 44.0 Å². The van der Waals surface area contributed by atoms with E-state index in [4.69, 9.17) is 5.73 Å². The molecule has 156 valence electrons. The molecule has 1 amide bonds. The SMILES string of the molecule is Cc1cnc2ccc(Cc3cc(C(=O)NCc4c(C)cc(N)nc4C)cnn3)cc2c1. The van der Waals surface area contributed by atoms with Gasteiger partial charge >= 0.3 is 0 Å². The molecule has 0 aliphatic rings. The Morgan fingerprint density at radius 2 is 1.90 bits per heavy atom. The third-order valence-electron chi connectivity index (χ3n) is 5.23. The lowest BCUT2D eigenvalue weighted by Crippen LogP contribution is -2.24. The minimum Gasteiger partial charge on any atom is -0.384 e. The van der Waals surface area contributed by atoms with E-state index in [0.29, 0.717) is 24.3 Å². The van der Waals surface area contributed by atoms with E-state index >= 15 is 0 Å². The smallest absolute Gasteiger partial charge is 0.253 e. The number of amides is 1. The van der Waals surface area contributed by atoms with Crippen molar-refractivity contribution in [1.29, 1.82) is 0 Å². The number of fused-ring (bicyclic) bond motifs is 1. The fourth-order valence-corrected chi connectivity index (χ4v) is 3.66. The average molecular weight is 412 g/mol. The Hall–Kier alpha value is -3.87. The molecular formula is C24H24N6O. The van der Waals surface area contributed by atoms with Crippen LogP contribution in [0.2, 0.25) is 0 Å². The number of rotatable bonds is 5. The molecule has 0 bridgehead atoms. The first kappa shape index (κ1) is 20.4. The monoisotopic (exact) mass is 412 g/mol. The molecule has 0 radical (unpaired) electrons. The lowest BCUT2D eigenvalue weighted by Gasteiger charge is -2.11. The number of anilines is 1. The number of pyridine rings is 2. The van der Waals surface area contributed by atoms with Gasteiger partial charge in [0.05, 0.1) is 23.0 Å². The summed E-state index contributed by atoms with van der Waals surface area (Å²) in [7, 11) is 0. The molecule has 0 fully saturated rings. The zero-order valence-corrected chi connectivity index (χ0v) is 17.8. The van der Waals surface area contributed by atoms with Crippen LogP contribution in [0.5, 0.6) is 0 Å². The van der Waals surface area contributed by atoms with E-state index in [1.54, 1.807) is 12.1 Å². The Balaban J connectivity index is 1.48. The highest BCUT2D eigenvalue weighted by molar-refractivity contribution is 5.93. The summed E-state index contributed by atoms with van der Waals surface area (Å²) in [6.45, 7) is 6.24. The first-order valence-electron chi connectivity index (χ1n) is 10.1. The number of nitrogen functional groups attached to an aromatic ring is 1. The van der Waals surface area contributed by atoms with Crippen LogP contribution in [0, 0.1) is 20.8 Å². The third-order valence-corrected chi connectivity index (χ3v) is 5.23. The van der Waals surface area contributed by atoms with Crippen LogP contribution < -0.4 is 11.1 Å². The van der Waals surface area contributed by atoms with E-state index in [-0.39, 0.29) is 5.91 Å². The van der Waals surface area contributed by atoms with Gasteiger partial charge in [0, 0.05) is 30.2 Å². The number of benzene rings is 1. The Bertz CT molecular complexity index is 1260. The summed E-state index contributed by atoms with van der Waals surface area (Å²) in [6, 6.07) is 11.8. The third kappa shape index (κ3) is 4.66. The molecule has 0 saturated carbocycles. The van der Waals surface area contributed by atoms with Crippen LogP contribution in [0.15, 0.2) is 48.8 Å². The van der Waals surface area contributed by atoms with Crippen molar-refractivity contribution in [2.75, 3.05) is 5.73 Å². The molecular weight excluding hydrogens is 388 g/mol. The predicted octanol–water partition coefficient (Wildman–Crippen LogP) is 3.45. The van der Waals surface area contributed by atoms with E-state index in [9.17, 15) is 4.79 Å². The minimum absolute atomic E-state index is 0.204. The van der Waals surface area contributed by atoms with E-state index < -0.39 is 0 Å². The summed E-state index contributed by atoms with van der Waals surface area (Å²) >= 11 is 0. The van der Waals surface area contributed by atoms with Gasteiger partial charge in [0.2, 0.25) is 0 Å². The molecule has 7 nitrogen and oxygen atoms in total. The minimum atomic E-state index is -0.204. The van der Waals surface area contributed by atoms with Crippen molar-refractivity contribution < 1.29 is 4.79 Å². The maximum atomic E-state index is 12.7. The van der Waals surface area contributed by atoms with E-state index in [1.807, 2.05) is 39.1 Å². The van der Waals surface area contributed by atoms with E-state index in [1.165, 1.54) is 6.20 Å². The fourth-order valence-electron chi connectivity index (χ4n) is 3.66. The van der Waals surface area contributed by atoms with Crippen molar-refractivity contribution in [3.8, 4) is 0 Å². The number of nitrogens with zero attached hydrogens (tertiary/aromatic N) is 4. The number of aryl methyl sites for hydroxylation is 3. The normalized spacial score (nSPS) is 10.9. The van der Waals surface area contributed by atoms with Crippen LogP contribution >= 0.6 is 0 Å². The number of aromatic nitrogens is 4. The molecule has 0 aliphatic heterocycles. The summed E-state index contributed by atoms with van der Waals surface area (Å²) < 4.78 is 0. The van der Waals surface area contributed by atoms with E-state index in [0.717, 1.165) is 44.5 Å². The van der Waals surface area contributed by atoms with Gasteiger partial charge in [-0.15, -0.1) is 0 Å². The van der Waals surface area contributed by atoms with Gasteiger partial charge in [0.1, 0.15) is 5.82 Å². The molecule has 0 spiro atoms. The van der Waals surface area contributed by atoms with Crippen molar-refractivity contribution in [1.82, 2.24) is 25.5 Å². The molecule has 4 rings (SSSR count). The summed E-state index contributed by atoms with van der Waals surface area (Å²) in [5.41, 5.74) is 12.9. The number of hydrogen-bond acceptors (Lipinski definition) is 6. The molecule has 0 aliphatic carbocycles. The molecule has 0 atom stereocenters. The number of carbonyl (C=O) groups is 1. The molecule has 31 heavy (non-hydrogen) atoms. The van der Waals surface area contributed by atoms with Crippen molar-refractivity contribution in [3.05, 3.63) is 88.0 Å². The molecule has 1 aromatic carbocycles. The number of carbonyl (C=O) groups excluding carboxylic acids is 1. The number of nitrogens with two attached hydrogens (primary N) is 1. The van der Waals surface area contributed by atoms with Crippen LogP contribution in [-0.2, 0) is 13.0 Å². The zero-order chi connectivity index (χ0) is 22.0. The van der Waals surface area contributed by atoms with Crippen LogP contribution in [0.25, 0.3) is 10.9 Å². The second-order valence-electron chi connectivity index (χ2n) is 7.76. The Morgan fingerprint density at radius 1 is 1.06 bits per heavy atom. The second-order valence-corrected chi connectivity index (χ2v) is 7.76. The van der Waals surface area contributed by atoms with Gasteiger partial charge in [-0.3, -0.25) is 9.78 Å². The molecule has 4 aromatic rings. The van der Waals surface area contributed by atoms with Gasteiger partial charge in [0.25, 0.3) is 5.91 Å². The first-order valence-corrected chi connectivity index (χ1v) is 10.1. The molecule has 7 heteroatoms. The maximum absolute atomic E-state index is 12.7. The molecule has 0 saturated heterocycles. The first-order chi connectivity index (χ1) is 14.9. The summed E-state index contributed by atoms with van der Waals surface area (Å²) in [5.74, 6) is 0.276. The molecule has 3 N–H and O–H groups in total. The fraction of sp³-hybridized carbons (Fsp3) is 0.208. The Morgan fingerprint density at radius 3 is 2.71 bits per heavy atom. The summed E-state index contributed by atoms with van der Waals surface area (Å²) in [5, 5.41) is 12.3. The highest BCUT2D eigenvalue weighted by Gasteiger charge is 2.11.